The molecule has 0 radical (unpaired) electrons. The van der Waals surface area contributed by atoms with E-state index in [0.717, 1.165) is 29.8 Å². The Labute approximate surface area is 251 Å². The van der Waals surface area contributed by atoms with E-state index in [9.17, 15) is 4.39 Å². The third kappa shape index (κ3) is 18.0. The number of allylic oxidation sites excluding steroid dienone is 1. The van der Waals surface area contributed by atoms with Crippen molar-refractivity contribution in [3.8, 4) is 0 Å². The Kier molecular flexibility index (Phi) is 29.5. The number of H-pyrrole nitrogens is 1. The van der Waals surface area contributed by atoms with Gasteiger partial charge in [-0.3, -0.25) is 0 Å². The third-order valence-corrected chi connectivity index (χ3v) is 6.64. The van der Waals surface area contributed by atoms with Crippen molar-refractivity contribution in [2.24, 2.45) is 5.73 Å². The predicted molar refractivity (Wildman–Crippen MR) is 186 cm³/mol. The normalized spacial score (nSPS) is 10.1. The molecular formula is C34H61FN4S. The summed E-state index contributed by atoms with van der Waals surface area (Å²) in [6, 6.07) is 4.52. The Balaban J connectivity index is -0.000000976. The lowest BCUT2D eigenvalue weighted by molar-refractivity contribution is 0.271. The van der Waals surface area contributed by atoms with Crippen molar-refractivity contribution in [1.29, 1.82) is 0 Å². The van der Waals surface area contributed by atoms with E-state index in [4.69, 9.17) is 5.73 Å². The molecule has 0 unspecified atom stereocenters. The van der Waals surface area contributed by atoms with Gasteiger partial charge in [-0.05, 0) is 132 Å². The molecule has 1 heterocycles. The summed E-state index contributed by atoms with van der Waals surface area (Å²) in [5.41, 5.74) is 18.0. The second-order valence-corrected chi connectivity index (χ2v) is 9.99. The second-order valence-electron chi connectivity index (χ2n) is 9.00. The lowest BCUT2D eigenvalue weighted by Gasteiger charge is -2.20. The van der Waals surface area contributed by atoms with Crippen LogP contribution in [-0.4, -0.2) is 41.5 Å². The molecule has 0 aliphatic heterocycles. The number of aryl methyl sites for hydroxylation is 1. The highest BCUT2D eigenvalue weighted by molar-refractivity contribution is 7.98. The van der Waals surface area contributed by atoms with Gasteiger partial charge in [0.15, 0.2) is 0 Å². The van der Waals surface area contributed by atoms with Gasteiger partial charge >= 0.3 is 0 Å². The van der Waals surface area contributed by atoms with Crippen LogP contribution in [0.3, 0.4) is 0 Å². The number of aromatic amines is 1. The third-order valence-electron chi connectivity index (χ3n) is 5.82. The molecule has 2 rings (SSSR count). The number of hydrogen-bond donors (Lipinski definition) is 3. The minimum atomic E-state index is -0.263. The molecule has 0 saturated heterocycles. The van der Waals surface area contributed by atoms with E-state index in [1.807, 2.05) is 32.5 Å². The lowest BCUT2D eigenvalue weighted by Crippen LogP contribution is -2.26. The molecule has 0 bridgehead atoms. The van der Waals surface area contributed by atoms with Crippen molar-refractivity contribution in [2.45, 2.75) is 87.5 Å². The highest BCUT2D eigenvalue weighted by atomic mass is 32.2. The summed E-state index contributed by atoms with van der Waals surface area (Å²) in [4.78, 5) is 6.08. The summed E-state index contributed by atoms with van der Waals surface area (Å²) >= 11 is 1.90. The Morgan fingerprint density at radius 2 is 1.60 bits per heavy atom. The number of anilines is 1. The Hall–Kier alpha value is -2.44. The van der Waals surface area contributed by atoms with Crippen LogP contribution in [0.25, 0.3) is 11.6 Å². The number of nitrogens with two attached hydrogens (primary N) is 2. The summed E-state index contributed by atoms with van der Waals surface area (Å²) in [6.45, 7) is 29.6. The quantitative estimate of drug-likeness (QED) is 0.174. The predicted octanol–water partition coefficient (Wildman–Crippen LogP) is 9.64. The molecule has 0 saturated carbocycles. The van der Waals surface area contributed by atoms with Gasteiger partial charge in [0.05, 0.1) is 0 Å². The fraction of sp³-hybridized carbons (Fsp3) is 0.529. The van der Waals surface area contributed by atoms with Crippen molar-refractivity contribution in [2.75, 3.05) is 37.4 Å². The summed E-state index contributed by atoms with van der Waals surface area (Å²) in [6.07, 6.45) is 11.4. The molecule has 0 aliphatic rings. The van der Waals surface area contributed by atoms with Gasteiger partial charge in [-0.25, -0.2) is 4.39 Å². The standard InChI is InChI=1S/C24H36FN3.C4H10S.C2H5N.C2H6.C2H4/c1-6-12-28(13-7-2)14-8-9-21-18(4)24(27-19(21)5)15-17(3)22-16-20(25)10-11-23(22)26;1-3-4-5-2;1-2-3;2*1-2/h10-11,15-16,27H,6-9,12-14,26H2,1-5H3;3-4H2,1-2H3;2H,1,3H2;1-2H3;1-2H2/b17-15+;;;;. The first-order chi connectivity index (χ1) is 19.2. The van der Waals surface area contributed by atoms with Crippen LogP contribution in [0.2, 0.25) is 0 Å². The van der Waals surface area contributed by atoms with E-state index in [1.54, 1.807) is 6.07 Å². The monoisotopic (exact) mass is 576 g/mol. The summed E-state index contributed by atoms with van der Waals surface area (Å²) in [5, 5.41) is 0. The van der Waals surface area contributed by atoms with E-state index in [2.05, 4.69) is 82.3 Å². The van der Waals surface area contributed by atoms with Gasteiger partial charge in [-0.2, -0.15) is 11.8 Å². The number of nitrogens with zero attached hydrogens (tertiary/aromatic N) is 1. The topological polar surface area (TPSA) is 71.1 Å². The molecule has 0 amide bonds. The van der Waals surface area contributed by atoms with Gasteiger partial charge in [0, 0.05) is 22.6 Å². The zero-order valence-corrected chi connectivity index (χ0v) is 28.1. The van der Waals surface area contributed by atoms with E-state index in [1.165, 1.54) is 79.7 Å². The fourth-order valence-corrected chi connectivity index (χ4v) is 4.56. The zero-order valence-electron chi connectivity index (χ0n) is 27.3. The average Bonchev–Trinajstić information content (AvgIpc) is 3.21. The highest BCUT2D eigenvalue weighted by Gasteiger charge is 2.12. The zero-order chi connectivity index (χ0) is 31.5. The maximum Gasteiger partial charge on any atom is 0.123 e. The fourth-order valence-electron chi connectivity index (χ4n) is 4.15. The number of halogens is 1. The first-order valence-corrected chi connectivity index (χ1v) is 16.0. The smallest absolute Gasteiger partial charge is 0.123 e. The van der Waals surface area contributed by atoms with Crippen molar-refractivity contribution < 1.29 is 4.39 Å². The van der Waals surface area contributed by atoms with Gasteiger partial charge in [0.1, 0.15) is 5.82 Å². The maximum absolute atomic E-state index is 13.6. The first-order valence-electron chi connectivity index (χ1n) is 14.7. The van der Waals surface area contributed by atoms with Crippen LogP contribution < -0.4 is 11.5 Å². The SMILES string of the molecule is C=C.C=CN.CC.CCCN(CCC)CCCc1c(C)[nH]c(/C=C(\C)c2cc(F)ccc2N)c1C.CCCSC. The molecule has 5 N–H and O–H groups in total. The van der Waals surface area contributed by atoms with E-state index in [0.29, 0.717) is 5.69 Å². The molecule has 0 spiro atoms. The Morgan fingerprint density at radius 1 is 1.05 bits per heavy atom. The van der Waals surface area contributed by atoms with E-state index >= 15 is 0 Å². The van der Waals surface area contributed by atoms with Crippen molar-refractivity contribution in [1.82, 2.24) is 9.88 Å². The number of nitrogen functional groups attached to an aromatic ring is 1. The largest absolute Gasteiger partial charge is 0.405 e. The molecule has 230 valence electrons. The molecular weight excluding hydrogens is 515 g/mol. The number of thioether (sulfide) groups is 1. The van der Waals surface area contributed by atoms with E-state index in [-0.39, 0.29) is 5.82 Å². The molecule has 6 heteroatoms. The number of benzene rings is 1. The number of aromatic nitrogens is 1. The molecule has 40 heavy (non-hydrogen) atoms. The van der Waals surface area contributed by atoms with Crippen molar-refractivity contribution >= 4 is 29.1 Å². The van der Waals surface area contributed by atoms with Crippen LogP contribution in [0, 0.1) is 19.7 Å². The van der Waals surface area contributed by atoms with Gasteiger partial charge in [-0.1, -0.05) is 41.2 Å². The molecule has 4 nitrogen and oxygen atoms in total. The number of hydrogen-bond acceptors (Lipinski definition) is 4. The maximum atomic E-state index is 13.6. The average molecular weight is 577 g/mol. The van der Waals surface area contributed by atoms with Gasteiger partial charge < -0.3 is 21.4 Å². The summed E-state index contributed by atoms with van der Waals surface area (Å²) < 4.78 is 13.6. The van der Waals surface area contributed by atoms with E-state index < -0.39 is 0 Å². The highest BCUT2D eigenvalue weighted by Crippen LogP contribution is 2.27. The van der Waals surface area contributed by atoms with Crippen LogP contribution in [-0.2, 0) is 6.42 Å². The second kappa shape index (κ2) is 28.1. The summed E-state index contributed by atoms with van der Waals surface area (Å²) in [5.74, 6) is 1.04. The van der Waals surface area contributed by atoms with Gasteiger partial charge in [-0.15, -0.1) is 13.2 Å². The molecule has 1 aromatic heterocycles. The lowest BCUT2D eigenvalue weighted by atomic mass is 10.0. The van der Waals surface area contributed by atoms with Crippen LogP contribution in [0.5, 0.6) is 0 Å². The first kappa shape index (κ1) is 42.0. The minimum absolute atomic E-state index is 0.263. The minimum Gasteiger partial charge on any atom is -0.405 e. The Morgan fingerprint density at radius 3 is 2.05 bits per heavy atom. The molecule has 0 aliphatic carbocycles. The molecule has 1 aromatic carbocycles. The number of rotatable bonds is 12. The van der Waals surface area contributed by atoms with Crippen LogP contribution in [0.4, 0.5) is 10.1 Å². The van der Waals surface area contributed by atoms with Gasteiger partial charge in [0.2, 0.25) is 0 Å². The van der Waals surface area contributed by atoms with Crippen molar-refractivity contribution in [3.05, 3.63) is 78.0 Å². The van der Waals surface area contributed by atoms with Crippen LogP contribution in [0.1, 0.15) is 95.3 Å². The molecule has 0 atom stereocenters. The molecule has 0 fully saturated rings. The van der Waals surface area contributed by atoms with Crippen molar-refractivity contribution in [3.63, 3.8) is 0 Å². The number of nitrogens with one attached hydrogen (secondary N) is 1. The van der Waals surface area contributed by atoms with Gasteiger partial charge in [0.25, 0.3) is 0 Å². The van der Waals surface area contributed by atoms with Crippen LogP contribution >= 0.6 is 11.8 Å². The van der Waals surface area contributed by atoms with Crippen LogP contribution in [0.15, 0.2) is 44.1 Å². The molecule has 2 aromatic rings. The Bertz CT molecular complexity index is 913. The summed E-state index contributed by atoms with van der Waals surface area (Å²) in [7, 11) is 0.